The number of tetrazole rings is 1. The molecule has 9 heteroatoms. The Balaban J connectivity index is 1.74. The summed E-state index contributed by atoms with van der Waals surface area (Å²) >= 11 is 1.36. The number of amides is 1. The highest BCUT2D eigenvalue weighted by Crippen LogP contribution is 2.10. The van der Waals surface area contributed by atoms with Crippen molar-refractivity contribution in [1.29, 1.82) is 0 Å². The van der Waals surface area contributed by atoms with Crippen molar-refractivity contribution in [3.05, 3.63) is 52.4 Å². The smallest absolute Gasteiger partial charge is 0.309 e. The molecular weight excluding hydrogens is 292 g/mol. The van der Waals surface area contributed by atoms with E-state index in [1.54, 1.807) is 36.5 Å². The zero-order chi connectivity index (χ0) is 14.7. The second-order valence-corrected chi connectivity index (χ2v) is 4.97. The van der Waals surface area contributed by atoms with E-state index in [0.717, 1.165) is 9.36 Å². The molecule has 0 spiro atoms. The summed E-state index contributed by atoms with van der Waals surface area (Å²) in [6.45, 7) is -0.221. The van der Waals surface area contributed by atoms with Crippen molar-refractivity contribution < 1.29 is 4.79 Å². The number of pyridine rings is 1. The van der Waals surface area contributed by atoms with E-state index < -0.39 is 11.6 Å². The van der Waals surface area contributed by atoms with Crippen molar-refractivity contribution in [3.8, 4) is 5.00 Å². The lowest BCUT2D eigenvalue weighted by molar-refractivity contribution is -0.117. The second kappa shape index (κ2) is 5.67. The molecule has 1 N–H and O–H groups in total. The molecule has 3 rings (SSSR count). The topological polar surface area (TPSA) is 94.7 Å². The highest BCUT2D eigenvalue weighted by molar-refractivity contribution is 7.12. The molecule has 0 atom stereocenters. The van der Waals surface area contributed by atoms with Gasteiger partial charge >= 0.3 is 5.69 Å². The molecule has 3 aromatic heterocycles. The van der Waals surface area contributed by atoms with E-state index in [4.69, 9.17) is 0 Å². The van der Waals surface area contributed by atoms with Crippen LogP contribution in [0.2, 0.25) is 0 Å². The van der Waals surface area contributed by atoms with Gasteiger partial charge in [-0.2, -0.15) is 9.36 Å². The molecule has 0 fully saturated rings. The number of aromatic nitrogens is 5. The number of rotatable bonds is 4. The zero-order valence-corrected chi connectivity index (χ0v) is 11.5. The van der Waals surface area contributed by atoms with Crippen LogP contribution in [0.25, 0.3) is 5.00 Å². The number of hydrogen-bond donors (Lipinski definition) is 1. The molecule has 106 valence electrons. The molecule has 0 radical (unpaired) electrons. The quantitative estimate of drug-likeness (QED) is 0.758. The van der Waals surface area contributed by atoms with Crippen molar-refractivity contribution in [3.63, 3.8) is 0 Å². The molecule has 3 heterocycles. The monoisotopic (exact) mass is 302 g/mol. The number of hydrogen-bond acceptors (Lipinski definition) is 6. The standard InChI is InChI=1S/C12H10N6O2S/c19-10(14-9-4-1-2-6-13-9)8-17-12(20)18(16-15-17)11-5-3-7-21-11/h1-7H,8H2,(H,13,14,19). The van der Waals surface area contributed by atoms with E-state index >= 15 is 0 Å². The summed E-state index contributed by atoms with van der Waals surface area (Å²) in [4.78, 5) is 27.9. The Labute approximate surface area is 122 Å². The number of carbonyl (C=O) groups is 1. The van der Waals surface area contributed by atoms with Crippen LogP contribution in [-0.2, 0) is 11.3 Å². The minimum absolute atomic E-state index is 0.221. The summed E-state index contributed by atoms with van der Waals surface area (Å²) in [5.74, 6) is 0.0234. The summed E-state index contributed by atoms with van der Waals surface area (Å²) < 4.78 is 2.15. The summed E-state index contributed by atoms with van der Waals surface area (Å²) in [5.41, 5.74) is -0.464. The van der Waals surface area contributed by atoms with Gasteiger partial charge in [0.15, 0.2) is 0 Å². The third-order valence-corrected chi connectivity index (χ3v) is 3.42. The maximum Gasteiger partial charge on any atom is 0.369 e. The van der Waals surface area contributed by atoms with Crippen LogP contribution in [0.1, 0.15) is 0 Å². The Bertz CT molecular complexity index is 793. The molecule has 0 aromatic carbocycles. The fourth-order valence-corrected chi connectivity index (χ4v) is 2.33. The highest BCUT2D eigenvalue weighted by Gasteiger charge is 2.12. The first-order valence-corrected chi connectivity index (χ1v) is 6.89. The van der Waals surface area contributed by atoms with E-state index in [0.29, 0.717) is 10.8 Å². The summed E-state index contributed by atoms with van der Waals surface area (Å²) in [7, 11) is 0. The van der Waals surface area contributed by atoms with Gasteiger partial charge in [-0.3, -0.25) is 4.79 Å². The lowest BCUT2D eigenvalue weighted by Gasteiger charge is -2.02. The van der Waals surface area contributed by atoms with Crippen molar-refractivity contribution in [2.45, 2.75) is 6.54 Å². The first kappa shape index (κ1) is 13.2. The fraction of sp³-hybridized carbons (Fsp3) is 0.0833. The van der Waals surface area contributed by atoms with Gasteiger partial charge in [0.2, 0.25) is 5.91 Å². The molecule has 0 bridgehead atoms. The number of carbonyl (C=O) groups excluding carboxylic acids is 1. The van der Waals surface area contributed by atoms with Gasteiger partial charge in [0, 0.05) is 6.20 Å². The predicted molar refractivity (Wildman–Crippen MR) is 76.4 cm³/mol. The maximum atomic E-state index is 12.1. The van der Waals surface area contributed by atoms with Crippen LogP contribution in [0.5, 0.6) is 0 Å². The molecule has 8 nitrogen and oxygen atoms in total. The number of nitrogens with one attached hydrogen (secondary N) is 1. The molecule has 1 amide bonds. The predicted octanol–water partition coefficient (Wildman–Crippen LogP) is 0.524. The van der Waals surface area contributed by atoms with E-state index in [9.17, 15) is 9.59 Å². The Morgan fingerprint density at radius 3 is 2.86 bits per heavy atom. The lowest BCUT2D eigenvalue weighted by Crippen LogP contribution is -2.29. The van der Waals surface area contributed by atoms with Gasteiger partial charge < -0.3 is 5.32 Å². The Morgan fingerprint density at radius 1 is 1.24 bits per heavy atom. The van der Waals surface area contributed by atoms with Crippen LogP contribution in [-0.4, -0.2) is 30.7 Å². The lowest BCUT2D eigenvalue weighted by atomic mass is 10.4. The minimum atomic E-state index is -0.464. The van der Waals surface area contributed by atoms with E-state index in [-0.39, 0.29) is 6.54 Å². The fourth-order valence-electron chi connectivity index (χ4n) is 1.66. The highest BCUT2D eigenvalue weighted by atomic mass is 32.1. The van der Waals surface area contributed by atoms with Gasteiger partial charge in [0.25, 0.3) is 0 Å². The molecular formula is C12H10N6O2S. The van der Waals surface area contributed by atoms with Gasteiger partial charge in [0.1, 0.15) is 17.4 Å². The third-order valence-electron chi connectivity index (χ3n) is 2.58. The third kappa shape index (κ3) is 2.87. The molecule has 0 unspecified atom stereocenters. The average Bonchev–Trinajstić information content (AvgIpc) is 3.11. The zero-order valence-electron chi connectivity index (χ0n) is 10.7. The number of anilines is 1. The van der Waals surface area contributed by atoms with Crippen molar-refractivity contribution in [2.75, 3.05) is 5.32 Å². The molecule has 0 saturated carbocycles. The first-order chi connectivity index (χ1) is 10.2. The van der Waals surface area contributed by atoms with Crippen LogP contribution in [0.3, 0.4) is 0 Å². The molecule has 0 aliphatic rings. The molecule has 21 heavy (non-hydrogen) atoms. The van der Waals surface area contributed by atoms with Gasteiger partial charge in [-0.25, -0.2) is 9.78 Å². The summed E-state index contributed by atoms with van der Waals surface area (Å²) in [6.07, 6.45) is 1.56. The van der Waals surface area contributed by atoms with Crippen LogP contribution in [0, 0.1) is 0 Å². The van der Waals surface area contributed by atoms with E-state index in [1.165, 1.54) is 11.3 Å². The Hall–Kier alpha value is -2.81. The van der Waals surface area contributed by atoms with Crippen LogP contribution in [0.15, 0.2) is 46.7 Å². The second-order valence-electron chi connectivity index (χ2n) is 4.05. The normalized spacial score (nSPS) is 10.5. The van der Waals surface area contributed by atoms with Gasteiger partial charge in [0.05, 0.1) is 0 Å². The molecule has 0 saturated heterocycles. The van der Waals surface area contributed by atoms with Gasteiger partial charge in [-0.15, -0.1) is 11.3 Å². The number of thiophene rings is 1. The summed E-state index contributed by atoms with van der Waals surface area (Å²) in [5, 5.41) is 12.5. The average molecular weight is 302 g/mol. The van der Waals surface area contributed by atoms with Crippen molar-refractivity contribution in [2.24, 2.45) is 0 Å². The van der Waals surface area contributed by atoms with E-state index in [1.807, 2.05) is 5.38 Å². The summed E-state index contributed by atoms with van der Waals surface area (Å²) in [6, 6.07) is 8.70. The molecule has 3 aromatic rings. The SMILES string of the molecule is O=C(Cn1nnn(-c2cccs2)c1=O)Nc1ccccn1. The number of nitrogens with zero attached hydrogens (tertiary/aromatic N) is 5. The van der Waals surface area contributed by atoms with Crippen LogP contribution >= 0.6 is 11.3 Å². The van der Waals surface area contributed by atoms with Crippen molar-refractivity contribution >= 4 is 23.1 Å². The minimum Gasteiger partial charge on any atom is -0.309 e. The van der Waals surface area contributed by atoms with E-state index in [2.05, 4.69) is 20.7 Å². The maximum absolute atomic E-state index is 12.1. The Kier molecular flexibility index (Phi) is 3.56. The Morgan fingerprint density at radius 2 is 2.14 bits per heavy atom. The van der Waals surface area contributed by atoms with Gasteiger partial charge in [-0.05, 0) is 40.1 Å². The largest absolute Gasteiger partial charge is 0.369 e. The first-order valence-electron chi connectivity index (χ1n) is 6.01. The molecule has 0 aliphatic carbocycles. The van der Waals surface area contributed by atoms with Crippen molar-refractivity contribution in [1.82, 2.24) is 24.8 Å². The van der Waals surface area contributed by atoms with Crippen LogP contribution < -0.4 is 11.0 Å². The molecule has 0 aliphatic heterocycles. The van der Waals surface area contributed by atoms with Gasteiger partial charge in [-0.1, -0.05) is 6.07 Å². The van der Waals surface area contributed by atoms with Crippen LogP contribution in [0.4, 0.5) is 5.82 Å².